The average molecular weight is 388 g/mol. The number of aromatic nitrogens is 2. The lowest BCUT2D eigenvalue weighted by Gasteiger charge is -2.12. The summed E-state index contributed by atoms with van der Waals surface area (Å²) in [6.07, 6.45) is 0. The molecule has 0 spiro atoms. The molecule has 1 heterocycles. The maximum absolute atomic E-state index is 13.7. The zero-order valence-corrected chi connectivity index (χ0v) is 14.0. The molecule has 1 unspecified atom stereocenters. The van der Waals surface area contributed by atoms with E-state index >= 15 is 0 Å². The first-order valence-corrected chi connectivity index (χ1v) is 7.86. The topological polar surface area (TPSA) is 17.8 Å². The number of alkyl halides is 1. The Labute approximate surface area is 139 Å². The van der Waals surface area contributed by atoms with Crippen LogP contribution < -0.4 is 0 Å². The molecule has 21 heavy (non-hydrogen) atoms. The molecule has 0 aliphatic heterocycles. The van der Waals surface area contributed by atoms with Crippen LogP contribution in [0.1, 0.15) is 18.1 Å². The minimum atomic E-state index is -0.361. The second-order valence-electron chi connectivity index (χ2n) is 4.63. The Balaban J connectivity index is 2.41. The van der Waals surface area contributed by atoms with Crippen LogP contribution in [-0.2, 0) is 0 Å². The fraction of sp³-hybridized carbons (Fsp3) is 0.133. The predicted octanol–water partition coefficient (Wildman–Crippen LogP) is 5.88. The molecule has 0 bridgehead atoms. The number of imidazole rings is 1. The van der Waals surface area contributed by atoms with Gasteiger partial charge in [0.25, 0.3) is 0 Å². The molecule has 0 N–H and O–H groups in total. The molecule has 1 aromatic heterocycles. The molecule has 108 valence electrons. The Bertz CT molecular complexity index is 830. The van der Waals surface area contributed by atoms with Gasteiger partial charge in [-0.3, -0.25) is 4.57 Å². The SMILES string of the molecule is CC(Cl)c1nc2cc(F)c(Br)cc2n1-c1ccccc1Cl. The van der Waals surface area contributed by atoms with Crippen LogP contribution in [0, 0.1) is 5.82 Å². The maximum Gasteiger partial charge on any atom is 0.139 e. The lowest BCUT2D eigenvalue weighted by atomic mass is 10.2. The van der Waals surface area contributed by atoms with Crippen LogP contribution in [0.25, 0.3) is 16.7 Å². The first-order valence-electron chi connectivity index (χ1n) is 6.25. The second-order valence-corrected chi connectivity index (χ2v) is 6.54. The molecule has 3 aromatic rings. The van der Waals surface area contributed by atoms with Gasteiger partial charge in [0.05, 0.1) is 31.6 Å². The average Bonchev–Trinajstić information content (AvgIpc) is 2.78. The number of hydrogen-bond donors (Lipinski definition) is 0. The van der Waals surface area contributed by atoms with Gasteiger partial charge >= 0.3 is 0 Å². The number of benzene rings is 2. The Morgan fingerprint density at radius 3 is 2.67 bits per heavy atom. The van der Waals surface area contributed by atoms with Crippen molar-refractivity contribution in [1.82, 2.24) is 9.55 Å². The van der Waals surface area contributed by atoms with Crippen molar-refractivity contribution in [1.29, 1.82) is 0 Å². The maximum atomic E-state index is 13.7. The van der Waals surface area contributed by atoms with Crippen molar-refractivity contribution in [2.45, 2.75) is 12.3 Å². The molecule has 1 atom stereocenters. The zero-order valence-electron chi connectivity index (χ0n) is 10.9. The lowest BCUT2D eigenvalue weighted by Crippen LogP contribution is -2.02. The van der Waals surface area contributed by atoms with Gasteiger partial charge in [0.15, 0.2) is 0 Å². The van der Waals surface area contributed by atoms with E-state index in [1.54, 1.807) is 12.1 Å². The number of fused-ring (bicyclic) bond motifs is 1. The number of para-hydroxylation sites is 1. The number of hydrogen-bond acceptors (Lipinski definition) is 1. The van der Waals surface area contributed by atoms with E-state index in [1.807, 2.05) is 29.7 Å². The monoisotopic (exact) mass is 386 g/mol. The quantitative estimate of drug-likeness (QED) is 0.502. The Kier molecular flexibility index (Phi) is 3.95. The molecule has 0 saturated carbocycles. The van der Waals surface area contributed by atoms with Crippen LogP contribution in [0.5, 0.6) is 0 Å². The number of halogens is 4. The van der Waals surface area contributed by atoms with Crippen LogP contribution in [0.2, 0.25) is 5.02 Å². The van der Waals surface area contributed by atoms with Gasteiger partial charge in [0, 0.05) is 6.07 Å². The third kappa shape index (κ3) is 2.56. The van der Waals surface area contributed by atoms with Crippen molar-refractivity contribution >= 4 is 50.2 Å². The minimum Gasteiger partial charge on any atom is -0.294 e. The zero-order chi connectivity index (χ0) is 15.1. The van der Waals surface area contributed by atoms with Gasteiger partial charge in [-0.25, -0.2) is 9.37 Å². The standard InChI is InChI=1S/C15H10BrCl2FN2/c1-8(17)15-20-12-7-11(19)9(16)6-14(12)21(15)13-5-3-2-4-10(13)18/h2-8H,1H3. The van der Waals surface area contributed by atoms with Crippen LogP contribution in [0.15, 0.2) is 40.9 Å². The van der Waals surface area contributed by atoms with Crippen LogP contribution in [-0.4, -0.2) is 9.55 Å². The van der Waals surface area contributed by atoms with Gasteiger partial charge in [-0.2, -0.15) is 0 Å². The van der Waals surface area contributed by atoms with Crippen LogP contribution >= 0.6 is 39.1 Å². The summed E-state index contributed by atoms with van der Waals surface area (Å²) < 4.78 is 16.0. The van der Waals surface area contributed by atoms with Crippen molar-refractivity contribution < 1.29 is 4.39 Å². The highest BCUT2D eigenvalue weighted by molar-refractivity contribution is 9.10. The molecule has 0 saturated heterocycles. The van der Waals surface area contributed by atoms with Gasteiger partial charge in [-0.05, 0) is 41.1 Å². The van der Waals surface area contributed by atoms with E-state index in [0.717, 1.165) is 11.2 Å². The summed E-state index contributed by atoms with van der Waals surface area (Å²) in [6.45, 7) is 1.82. The molecule has 2 nitrogen and oxygen atoms in total. The van der Waals surface area contributed by atoms with E-state index in [0.29, 0.717) is 20.8 Å². The molecule has 0 amide bonds. The molecule has 0 fully saturated rings. The van der Waals surface area contributed by atoms with Gasteiger partial charge in [-0.15, -0.1) is 11.6 Å². The third-order valence-corrected chi connectivity index (χ3v) is 4.29. The van der Waals surface area contributed by atoms with Gasteiger partial charge in [-0.1, -0.05) is 23.7 Å². The molecule has 6 heteroatoms. The summed E-state index contributed by atoms with van der Waals surface area (Å²) in [5.74, 6) is 0.261. The highest BCUT2D eigenvalue weighted by atomic mass is 79.9. The fourth-order valence-electron chi connectivity index (χ4n) is 2.24. The highest BCUT2D eigenvalue weighted by Gasteiger charge is 2.19. The predicted molar refractivity (Wildman–Crippen MR) is 88.0 cm³/mol. The summed E-state index contributed by atoms with van der Waals surface area (Å²) in [6, 6.07) is 10.5. The lowest BCUT2D eigenvalue weighted by molar-refractivity contribution is 0.623. The molecule has 0 radical (unpaired) electrons. The smallest absolute Gasteiger partial charge is 0.139 e. The molecule has 0 aliphatic carbocycles. The van der Waals surface area contributed by atoms with Crippen molar-refractivity contribution in [3.63, 3.8) is 0 Å². The Hall–Kier alpha value is -1.10. The number of rotatable bonds is 2. The molecular weight excluding hydrogens is 378 g/mol. The third-order valence-electron chi connectivity index (χ3n) is 3.17. The molecule has 2 aromatic carbocycles. The number of nitrogens with zero attached hydrogens (tertiary/aromatic N) is 2. The van der Waals surface area contributed by atoms with Crippen LogP contribution in [0.4, 0.5) is 4.39 Å². The van der Waals surface area contributed by atoms with Crippen LogP contribution in [0.3, 0.4) is 0 Å². The molecule has 0 aliphatic rings. The summed E-state index contributed by atoms with van der Waals surface area (Å²) in [4.78, 5) is 4.44. The second kappa shape index (κ2) is 5.59. The highest BCUT2D eigenvalue weighted by Crippen LogP contribution is 2.33. The summed E-state index contributed by atoms with van der Waals surface area (Å²) in [5, 5.41) is 0.242. The van der Waals surface area contributed by atoms with Crippen molar-refractivity contribution in [2.24, 2.45) is 0 Å². The fourth-order valence-corrected chi connectivity index (χ4v) is 2.94. The first kappa shape index (κ1) is 14.8. The van der Waals surface area contributed by atoms with Gasteiger partial charge in [0.2, 0.25) is 0 Å². The summed E-state index contributed by atoms with van der Waals surface area (Å²) >= 11 is 15.7. The van der Waals surface area contributed by atoms with E-state index in [-0.39, 0.29) is 11.2 Å². The summed E-state index contributed by atoms with van der Waals surface area (Å²) in [7, 11) is 0. The Morgan fingerprint density at radius 1 is 1.29 bits per heavy atom. The van der Waals surface area contributed by atoms with E-state index in [9.17, 15) is 4.39 Å². The molecular formula is C15H10BrCl2FN2. The first-order chi connectivity index (χ1) is 9.99. The normalized spacial score (nSPS) is 12.8. The van der Waals surface area contributed by atoms with E-state index in [1.165, 1.54) is 6.07 Å². The van der Waals surface area contributed by atoms with Crippen molar-refractivity contribution in [3.8, 4) is 5.69 Å². The largest absolute Gasteiger partial charge is 0.294 e. The van der Waals surface area contributed by atoms with E-state index in [4.69, 9.17) is 23.2 Å². The minimum absolute atomic E-state index is 0.337. The van der Waals surface area contributed by atoms with Gasteiger partial charge < -0.3 is 0 Å². The summed E-state index contributed by atoms with van der Waals surface area (Å²) in [5.41, 5.74) is 2.06. The van der Waals surface area contributed by atoms with E-state index < -0.39 is 0 Å². The van der Waals surface area contributed by atoms with E-state index in [2.05, 4.69) is 20.9 Å². The Morgan fingerprint density at radius 2 is 2.00 bits per heavy atom. The van der Waals surface area contributed by atoms with Crippen molar-refractivity contribution in [3.05, 3.63) is 57.5 Å². The van der Waals surface area contributed by atoms with Crippen molar-refractivity contribution in [2.75, 3.05) is 0 Å². The molecule has 3 rings (SSSR count). The van der Waals surface area contributed by atoms with Gasteiger partial charge in [0.1, 0.15) is 11.6 Å².